The lowest BCUT2D eigenvalue weighted by Gasteiger charge is -2.15. The maximum Gasteiger partial charge on any atom is 0.341 e. The minimum atomic E-state index is -0.884. The van der Waals surface area contributed by atoms with E-state index in [1.165, 1.54) is 18.2 Å². The highest BCUT2D eigenvalue weighted by Gasteiger charge is 2.22. The lowest BCUT2D eigenvalue weighted by molar-refractivity contribution is -0.117. The summed E-state index contributed by atoms with van der Waals surface area (Å²) in [6.45, 7) is 0.196. The Bertz CT molecular complexity index is 816. The molecular weight excluding hydrogens is 325 g/mol. The molecule has 1 aliphatic rings. The first-order chi connectivity index (χ1) is 12.1. The van der Waals surface area contributed by atoms with Crippen LogP contribution in [0.2, 0.25) is 0 Å². The summed E-state index contributed by atoms with van der Waals surface area (Å²) < 4.78 is 18.4. The molecule has 0 aliphatic carbocycles. The number of anilines is 1. The summed E-state index contributed by atoms with van der Waals surface area (Å²) in [5.41, 5.74) is 0.886. The largest absolute Gasteiger partial charge is 0.454 e. The molecule has 128 valence electrons. The third-order valence-corrected chi connectivity index (χ3v) is 4.00. The van der Waals surface area contributed by atoms with Crippen LogP contribution < -0.4 is 4.90 Å². The van der Waals surface area contributed by atoms with Crippen LogP contribution in [0.3, 0.4) is 0 Å². The molecule has 0 bridgehead atoms. The Morgan fingerprint density at radius 2 is 1.80 bits per heavy atom. The molecule has 2 aromatic carbocycles. The Morgan fingerprint density at radius 1 is 1.08 bits per heavy atom. The van der Waals surface area contributed by atoms with E-state index in [2.05, 4.69) is 0 Å². The monoisotopic (exact) mass is 341 g/mol. The van der Waals surface area contributed by atoms with Crippen LogP contribution in [-0.4, -0.2) is 30.8 Å². The Balaban J connectivity index is 1.61. The number of carbonyl (C=O) groups excluding carboxylic acids is 3. The van der Waals surface area contributed by atoms with Gasteiger partial charge in [-0.05, 0) is 42.8 Å². The zero-order chi connectivity index (χ0) is 17.8. The third kappa shape index (κ3) is 3.74. The van der Waals surface area contributed by atoms with Crippen molar-refractivity contribution >= 4 is 23.3 Å². The molecule has 25 heavy (non-hydrogen) atoms. The average molecular weight is 341 g/mol. The van der Waals surface area contributed by atoms with Gasteiger partial charge in [0, 0.05) is 24.2 Å². The highest BCUT2D eigenvalue weighted by atomic mass is 19.1. The van der Waals surface area contributed by atoms with Gasteiger partial charge in [0.15, 0.2) is 12.4 Å². The number of esters is 1. The van der Waals surface area contributed by atoms with Crippen molar-refractivity contribution in [1.82, 2.24) is 0 Å². The fraction of sp³-hybridized carbons (Fsp3) is 0.211. The lowest BCUT2D eigenvalue weighted by atomic mass is 10.1. The number of nitrogens with zero attached hydrogens (tertiary/aromatic N) is 1. The smallest absolute Gasteiger partial charge is 0.341 e. The van der Waals surface area contributed by atoms with E-state index in [0.29, 0.717) is 18.5 Å². The molecule has 5 nitrogen and oxygen atoms in total. The van der Waals surface area contributed by atoms with Crippen LogP contribution in [0, 0.1) is 5.82 Å². The van der Waals surface area contributed by atoms with Gasteiger partial charge in [0.1, 0.15) is 5.82 Å². The predicted molar refractivity (Wildman–Crippen MR) is 89.0 cm³/mol. The quantitative estimate of drug-likeness (QED) is 0.619. The first-order valence-electron chi connectivity index (χ1n) is 7.91. The van der Waals surface area contributed by atoms with Crippen LogP contribution >= 0.6 is 0 Å². The second-order valence-corrected chi connectivity index (χ2v) is 5.67. The summed E-state index contributed by atoms with van der Waals surface area (Å²) >= 11 is 0. The molecule has 0 atom stereocenters. The van der Waals surface area contributed by atoms with Gasteiger partial charge in [-0.3, -0.25) is 9.59 Å². The number of halogens is 1. The highest BCUT2D eigenvalue weighted by molar-refractivity contribution is 6.00. The molecule has 2 aromatic rings. The van der Waals surface area contributed by atoms with E-state index in [4.69, 9.17) is 4.74 Å². The molecule has 3 rings (SSSR count). The number of carbonyl (C=O) groups is 3. The van der Waals surface area contributed by atoms with Crippen molar-refractivity contribution in [1.29, 1.82) is 0 Å². The Hall–Kier alpha value is -3.02. The number of hydrogen-bond acceptors (Lipinski definition) is 4. The molecule has 6 heteroatoms. The number of benzene rings is 2. The standard InChI is InChI=1S/C19H16FNO4/c20-16-5-2-1-4-15(16)19(24)25-12-17(22)13-7-9-14(10-8-13)21-11-3-6-18(21)23/h1-2,4-5,7-10H,3,6,11-12H2. The number of ether oxygens (including phenoxy) is 1. The predicted octanol–water partition coefficient (Wildman–Crippen LogP) is 2.99. The van der Waals surface area contributed by atoms with Gasteiger partial charge in [0.25, 0.3) is 0 Å². The van der Waals surface area contributed by atoms with E-state index in [-0.39, 0.29) is 11.5 Å². The maximum absolute atomic E-state index is 13.5. The average Bonchev–Trinajstić information content (AvgIpc) is 3.06. The third-order valence-electron chi connectivity index (χ3n) is 4.00. The van der Waals surface area contributed by atoms with Gasteiger partial charge in [0.05, 0.1) is 5.56 Å². The molecule has 1 saturated heterocycles. The van der Waals surface area contributed by atoms with Gasteiger partial charge in [-0.25, -0.2) is 9.18 Å². The lowest BCUT2D eigenvalue weighted by Crippen LogP contribution is -2.23. The van der Waals surface area contributed by atoms with E-state index in [9.17, 15) is 18.8 Å². The van der Waals surface area contributed by atoms with Gasteiger partial charge in [-0.2, -0.15) is 0 Å². The van der Waals surface area contributed by atoms with E-state index < -0.39 is 24.2 Å². The minimum Gasteiger partial charge on any atom is -0.454 e. The summed E-state index contributed by atoms with van der Waals surface area (Å²) in [6, 6.07) is 12.0. The fourth-order valence-electron chi connectivity index (χ4n) is 2.67. The summed E-state index contributed by atoms with van der Waals surface area (Å²) in [7, 11) is 0. The Morgan fingerprint density at radius 3 is 2.44 bits per heavy atom. The van der Waals surface area contributed by atoms with Crippen LogP contribution in [0.15, 0.2) is 48.5 Å². The van der Waals surface area contributed by atoms with Crippen molar-refractivity contribution in [3.05, 3.63) is 65.5 Å². The Kier molecular flexibility index (Phi) is 4.88. The molecule has 1 aliphatic heterocycles. The second kappa shape index (κ2) is 7.25. The summed E-state index contributed by atoms with van der Waals surface area (Å²) in [4.78, 5) is 37.3. The molecule has 0 N–H and O–H groups in total. The van der Waals surface area contributed by atoms with Crippen molar-refractivity contribution in [3.63, 3.8) is 0 Å². The van der Waals surface area contributed by atoms with E-state index >= 15 is 0 Å². The maximum atomic E-state index is 13.5. The van der Waals surface area contributed by atoms with Crippen LogP contribution in [0.4, 0.5) is 10.1 Å². The highest BCUT2D eigenvalue weighted by Crippen LogP contribution is 2.21. The number of amides is 1. The molecule has 0 spiro atoms. The van der Waals surface area contributed by atoms with Crippen LogP contribution in [0.1, 0.15) is 33.6 Å². The second-order valence-electron chi connectivity index (χ2n) is 5.67. The summed E-state index contributed by atoms with van der Waals surface area (Å²) in [5.74, 6) is -1.91. The normalized spacial score (nSPS) is 13.8. The van der Waals surface area contributed by atoms with E-state index in [1.807, 2.05) is 0 Å². The zero-order valence-corrected chi connectivity index (χ0v) is 13.4. The molecular formula is C19H16FNO4. The van der Waals surface area contributed by atoms with Gasteiger partial charge >= 0.3 is 5.97 Å². The topological polar surface area (TPSA) is 63.7 Å². The van der Waals surface area contributed by atoms with Crippen molar-refractivity contribution in [3.8, 4) is 0 Å². The van der Waals surface area contributed by atoms with E-state index in [1.54, 1.807) is 29.2 Å². The van der Waals surface area contributed by atoms with Crippen molar-refractivity contribution in [2.75, 3.05) is 18.1 Å². The van der Waals surface area contributed by atoms with Gasteiger partial charge in [0.2, 0.25) is 5.91 Å². The molecule has 0 radical (unpaired) electrons. The van der Waals surface area contributed by atoms with Crippen LogP contribution in [-0.2, 0) is 9.53 Å². The minimum absolute atomic E-state index is 0.0675. The van der Waals surface area contributed by atoms with Gasteiger partial charge in [-0.1, -0.05) is 12.1 Å². The van der Waals surface area contributed by atoms with Crippen molar-refractivity contribution in [2.45, 2.75) is 12.8 Å². The summed E-state index contributed by atoms with van der Waals surface area (Å²) in [5, 5.41) is 0. The van der Waals surface area contributed by atoms with E-state index in [0.717, 1.165) is 18.2 Å². The van der Waals surface area contributed by atoms with Crippen molar-refractivity contribution < 1.29 is 23.5 Å². The number of hydrogen-bond donors (Lipinski definition) is 0. The van der Waals surface area contributed by atoms with Crippen LogP contribution in [0.25, 0.3) is 0 Å². The molecule has 0 saturated carbocycles. The molecule has 0 aromatic heterocycles. The SMILES string of the molecule is O=C(COC(=O)c1ccccc1F)c1ccc(N2CCCC2=O)cc1. The number of Topliss-reactive ketones (excluding diaryl/α,β-unsaturated/α-hetero) is 1. The van der Waals surface area contributed by atoms with Gasteiger partial charge in [-0.15, -0.1) is 0 Å². The van der Waals surface area contributed by atoms with Gasteiger partial charge < -0.3 is 9.64 Å². The molecule has 0 unspecified atom stereocenters. The fourth-order valence-corrected chi connectivity index (χ4v) is 2.67. The van der Waals surface area contributed by atoms with Crippen molar-refractivity contribution in [2.24, 2.45) is 0 Å². The van der Waals surface area contributed by atoms with Crippen LogP contribution in [0.5, 0.6) is 0 Å². The first-order valence-corrected chi connectivity index (χ1v) is 7.91. The zero-order valence-electron chi connectivity index (χ0n) is 13.4. The molecule has 1 amide bonds. The first kappa shape index (κ1) is 16.8. The summed E-state index contributed by atoms with van der Waals surface area (Å²) in [6.07, 6.45) is 1.36. The number of ketones is 1. The molecule has 1 heterocycles. The Labute approximate surface area is 144 Å². The molecule has 1 fully saturated rings. The number of rotatable bonds is 5.